The van der Waals surface area contributed by atoms with Gasteiger partial charge < -0.3 is 25.0 Å². The first-order valence-electron chi connectivity index (χ1n) is 19.0. The molecular formula is C39H47N5O8S. The molecule has 13 nitrogen and oxygen atoms in total. The molecular weight excluding hydrogens is 699 g/mol. The molecule has 6 aliphatic rings. The molecule has 4 amide bonds. The maximum Gasteiger partial charge on any atom is 0.408 e. The van der Waals surface area contributed by atoms with Gasteiger partial charge in [0.2, 0.25) is 27.7 Å². The fourth-order valence-electron chi connectivity index (χ4n) is 8.86. The van der Waals surface area contributed by atoms with E-state index in [1.807, 2.05) is 24.3 Å². The van der Waals surface area contributed by atoms with E-state index in [1.54, 1.807) is 6.20 Å². The molecule has 1 aromatic heterocycles. The van der Waals surface area contributed by atoms with Gasteiger partial charge in [0.05, 0.1) is 11.8 Å². The predicted molar refractivity (Wildman–Crippen MR) is 196 cm³/mol. The van der Waals surface area contributed by atoms with Crippen molar-refractivity contribution in [1.82, 2.24) is 25.2 Å². The Labute approximate surface area is 309 Å². The van der Waals surface area contributed by atoms with E-state index in [2.05, 4.69) is 39.1 Å². The topological polar surface area (TPSA) is 173 Å². The Morgan fingerprint density at radius 1 is 1.02 bits per heavy atom. The quantitative estimate of drug-likeness (QED) is 0.353. The number of benzene rings is 1. The van der Waals surface area contributed by atoms with E-state index in [9.17, 15) is 27.6 Å². The number of aromatic nitrogens is 1. The number of rotatable bonds is 7. The van der Waals surface area contributed by atoms with Crippen LogP contribution in [0, 0.1) is 17.8 Å². The van der Waals surface area contributed by atoms with Gasteiger partial charge in [-0.2, -0.15) is 0 Å². The van der Waals surface area contributed by atoms with Crippen LogP contribution in [0.2, 0.25) is 0 Å². The van der Waals surface area contributed by atoms with Gasteiger partial charge in [0.25, 0.3) is 5.91 Å². The Morgan fingerprint density at radius 2 is 1.81 bits per heavy atom. The number of carbonyl (C=O) groups is 4. The SMILES string of the molecule is C=C[C@@H]1CC1(NC(=O)[C@@H]1C[C@@H]2CN1C(=O)[C@H](C1CCCC1)NC(=O)O[C@@H]1CCC[C@H]1C/C=C/c1ccc3ccnc(c3c1)O2)C(=O)NS(=O)(=O)C1CC1. The maximum absolute atomic E-state index is 14.7. The fourth-order valence-corrected chi connectivity index (χ4v) is 10.2. The number of nitrogens with zero attached hydrogens (tertiary/aromatic N) is 2. The molecule has 14 heteroatoms. The molecule has 0 radical (unpaired) electrons. The summed E-state index contributed by atoms with van der Waals surface area (Å²) < 4.78 is 40.2. The zero-order valence-corrected chi connectivity index (χ0v) is 30.5. The van der Waals surface area contributed by atoms with Crippen LogP contribution < -0.4 is 20.1 Å². The van der Waals surface area contributed by atoms with Gasteiger partial charge in [0.15, 0.2) is 0 Å². The molecule has 1 saturated heterocycles. The van der Waals surface area contributed by atoms with Gasteiger partial charge in [-0.3, -0.25) is 19.1 Å². The number of fused-ring (bicyclic) bond motifs is 4. The van der Waals surface area contributed by atoms with Gasteiger partial charge in [-0.25, -0.2) is 18.2 Å². The van der Waals surface area contributed by atoms with Crippen LogP contribution in [0.4, 0.5) is 4.79 Å². The first kappa shape index (κ1) is 35.6. The minimum atomic E-state index is -3.88. The van der Waals surface area contributed by atoms with Crippen molar-refractivity contribution in [3.05, 3.63) is 54.8 Å². The first-order valence-corrected chi connectivity index (χ1v) is 20.6. The first-order chi connectivity index (χ1) is 25.5. The van der Waals surface area contributed by atoms with Gasteiger partial charge in [-0.05, 0) is 92.7 Å². The number of ether oxygens (including phenoxy) is 2. The molecule has 5 fully saturated rings. The fraction of sp³-hybridized carbons (Fsp3) is 0.564. The van der Waals surface area contributed by atoms with E-state index >= 15 is 0 Å². The lowest BCUT2D eigenvalue weighted by atomic mass is 9.96. The molecule has 53 heavy (non-hydrogen) atoms. The zero-order valence-electron chi connectivity index (χ0n) is 29.7. The molecule has 3 heterocycles. The second kappa shape index (κ2) is 14.1. The van der Waals surface area contributed by atoms with Gasteiger partial charge in [0, 0.05) is 23.9 Å². The lowest BCUT2D eigenvalue weighted by Gasteiger charge is -2.32. The molecule has 1 unspecified atom stereocenters. The van der Waals surface area contributed by atoms with Crippen LogP contribution in [0.15, 0.2) is 49.2 Å². The van der Waals surface area contributed by atoms with Gasteiger partial charge in [-0.1, -0.05) is 43.2 Å². The number of pyridine rings is 1. The molecule has 1 aromatic carbocycles. The van der Waals surface area contributed by atoms with E-state index in [4.69, 9.17) is 9.47 Å². The van der Waals surface area contributed by atoms with Crippen molar-refractivity contribution in [2.75, 3.05) is 6.54 Å². The highest BCUT2D eigenvalue weighted by molar-refractivity contribution is 7.91. The van der Waals surface area contributed by atoms with Gasteiger partial charge in [-0.15, -0.1) is 6.58 Å². The average Bonchev–Trinajstić information content (AvgIpc) is 3.93. The van der Waals surface area contributed by atoms with Crippen molar-refractivity contribution in [3.63, 3.8) is 0 Å². The lowest BCUT2D eigenvalue weighted by Crippen LogP contribution is -2.59. The number of allylic oxidation sites excluding steroid dienone is 1. The molecule has 4 bridgehead atoms. The zero-order chi connectivity index (χ0) is 36.9. The summed E-state index contributed by atoms with van der Waals surface area (Å²) >= 11 is 0. The number of hydrogen-bond acceptors (Lipinski definition) is 9. The molecule has 3 N–H and O–H groups in total. The number of sulfonamides is 1. The molecule has 2 aliphatic heterocycles. The van der Waals surface area contributed by atoms with Crippen LogP contribution in [0.3, 0.4) is 0 Å². The highest BCUT2D eigenvalue weighted by Gasteiger charge is 2.62. The highest BCUT2D eigenvalue weighted by atomic mass is 32.2. The largest absolute Gasteiger partial charge is 0.472 e. The van der Waals surface area contributed by atoms with Crippen LogP contribution in [-0.4, -0.2) is 83.7 Å². The third-order valence-electron chi connectivity index (χ3n) is 12.1. The van der Waals surface area contributed by atoms with E-state index in [0.29, 0.717) is 18.7 Å². The van der Waals surface area contributed by atoms with Crippen molar-refractivity contribution >= 4 is 50.7 Å². The van der Waals surface area contributed by atoms with Gasteiger partial charge >= 0.3 is 6.09 Å². The number of alkyl carbamates (subject to hydrolysis) is 1. The maximum atomic E-state index is 14.7. The number of amides is 4. The summed E-state index contributed by atoms with van der Waals surface area (Å²) in [7, 11) is -3.88. The number of carbonyl (C=O) groups excluding carboxylic acids is 4. The summed E-state index contributed by atoms with van der Waals surface area (Å²) in [5.41, 5.74) is -0.565. The molecule has 8 rings (SSSR count). The summed E-state index contributed by atoms with van der Waals surface area (Å²) in [5, 5.41) is 6.86. The summed E-state index contributed by atoms with van der Waals surface area (Å²) in [6, 6.07) is 5.91. The van der Waals surface area contributed by atoms with Crippen molar-refractivity contribution < 1.29 is 37.1 Å². The molecule has 4 aliphatic carbocycles. The second-order valence-corrected chi connectivity index (χ2v) is 17.7. The predicted octanol–water partition coefficient (Wildman–Crippen LogP) is 4.12. The molecule has 282 valence electrons. The molecule has 2 aromatic rings. The van der Waals surface area contributed by atoms with Crippen molar-refractivity contribution in [3.8, 4) is 5.88 Å². The summed E-state index contributed by atoms with van der Waals surface area (Å²) in [6.45, 7) is 3.83. The van der Waals surface area contributed by atoms with Crippen LogP contribution >= 0.6 is 0 Å². The van der Waals surface area contributed by atoms with Crippen LogP contribution in [0.5, 0.6) is 5.88 Å². The van der Waals surface area contributed by atoms with Crippen molar-refractivity contribution in [2.24, 2.45) is 17.8 Å². The Morgan fingerprint density at radius 3 is 2.57 bits per heavy atom. The number of nitrogens with one attached hydrogen (secondary N) is 3. The summed E-state index contributed by atoms with van der Waals surface area (Å²) in [6.07, 6.45) is 13.6. The molecule has 0 spiro atoms. The Bertz CT molecular complexity index is 1960. The normalized spacial score (nSPS) is 32.5. The highest BCUT2D eigenvalue weighted by Crippen LogP contribution is 2.46. The van der Waals surface area contributed by atoms with Gasteiger partial charge in [0.1, 0.15) is 29.8 Å². The van der Waals surface area contributed by atoms with E-state index in [-0.39, 0.29) is 37.3 Å². The average molecular weight is 746 g/mol. The third kappa shape index (κ3) is 7.14. The summed E-state index contributed by atoms with van der Waals surface area (Å²) in [5.74, 6) is -1.97. The summed E-state index contributed by atoms with van der Waals surface area (Å²) in [4.78, 5) is 62.2. The smallest absolute Gasteiger partial charge is 0.408 e. The van der Waals surface area contributed by atoms with Crippen LogP contribution in [0.1, 0.15) is 82.6 Å². The second-order valence-electron chi connectivity index (χ2n) is 15.7. The monoisotopic (exact) mass is 745 g/mol. The molecule has 7 atom stereocenters. The Hall–Kier alpha value is -4.46. The minimum absolute atomic E-state index is 0.0272. The molecule has 4 saturated carbocycles. The third-order valence-corrected chi connectivity index (χ3v) is 14.0. The van der Waals surface area contributed by atoms with E-state index < -0.39 is 68.7 Å². The van der Waals surface area contributed by atoms with Crippen LogP contribution in [-0.2, 0) is 29.1 Å². The Kier molecular flexibility index (Phi) is 9.44. The standard InChI is InChI=1S/C39H47N5O8S/c1-2-27-21-39(27,37(47)43-53(49,50)29-15-16-29)42-34(45)31-20-28-22-44(31)36(46)33(26-8-3-4-9-26)41-38(48)52-32-12-6-11-25(32)10-5-7-23-13-14-24-17-18-40-35(51-28)30(24)19-23/h2,5,7,13-14,17-19,25-29,31-33H,1,3-4,6,8-12,15-16,20-22H2,(H,41,48)(H,42,45)(H,43,47)/b7-5+/t25-,27-,28-,31+,32-,33+,39?/m1/s1. The minimum Gasteiger partial charge on any atom is -0.472 e. The number of hydrogen-bond donors (Lipinski definition) is 3. The van der Waals surface area contributed by atoms with E-state index in [0.717, 1.165) is 67.7 Å². The van der Waals surface area contributed by atoms with E-state index in [1.165, 1.54) is 11.0 Å². The lowest BCUT2D eigenvalue weighted by molar-refractivity contribution is -0.142. The van der Waals surface area contributed by atoms with Crippen molar-refractivity contribution in [2.45, 2.75) is 112 Å². The Balaban J connectivity index is 1.13. The van der Waals surface area contributed by atoms with Crippen LogP contribution in [0.25, 0.3) is 16.8 Å². The van der Waals surface area contributed by atoms with Crippen molar-refractivity contribution in [1.29, 1.82) is 0 Å².